The van der Waals surface area contributed by atoms with E-state index in [1.54, 1.807) is 6.07 Å². The van der Waals surface area contributed by atoms with E-state index in [4.69, 9.17) is 5.73 Å². The van der Waals surface area contributed by atoms with Crippen LogP contribution in [-0.4, -0.2) is 15.8 Å². The Hall–Kier alpha value is -1.97. The maximum Gasteiger partial charge on any atom is 0.198 e. The van der Waals surface area contributed by atoms with E-state index in [0.29, 0.717) is 11.3 Å². The predicted octanol–water partition coefficient (Wildman–Crippen LogP) is 1.41. The standard InChI is InChI=1S/C10H9N3O/c1-6(14)10-12-8-5-3-2-4-7(8)9(11)13-10/h2-5H,1H3,(H2,11,12,13). The fourth-order valence-electron chi connectivity index (χ4n) is 1.26. The number of benzene rings is 1. The molecule has 0 spiro atoms. The predicted molar refractivity (Wildman–Crippen MR) is 54.0 cm³/mol. The van der Waals surface area contributed by atoms with Crippen molar-refractivity contribution in [3.05, 3.63) is 30.1 Å². The van der Waals surface area contributed by atoms with Crippen LogP contribution < -0.4 is 5.73 Å². The van der Waals surface area contributed by atoms with Gasteiger partial charge in [0.15, 0.2) is 11.6 Å². The second-order valence-corrected chi connectivity index (χ2v) is 3.01. The van der Waals surface area contributed by atoms with Crippen LogP contribution in [0.4, 0.5) is 5.82 Å². The summed E-state index contributed by atoms with van der Waals surface area (Å²) in [6, 6.07) is 7.34. The highest BCUT2D eigenvalue weighted by atomic mass is 16.1. The molecule has 2 N–H and O–H groups in total. The first-order chi connectivity index (χ1) is 6.68. The Bertz CT molecular complexity index is 508. The van der Waals surface area contributed by atoms with Gasteiger partial charge in [-0.1, -0.05) is 12.1 Å². The Morgan fingerprint density at radius 2 is 2.00 bits per heavy atom. The molecule has 1 aromatic carbocycles. The Balaban J connectivity index is 2.78. The number of hydrogen-bond donors (Lipinski definition) is 1. The molecule has 0 aliphatic carbocycles. The molecular weight excluding hydrogens is 178 g/mol. The van der Waals surface area contributed by atoms with Gasteiger partial charge in [-0.2, -0.15) is 0 Å². The molecule has 0 fully saturated rings. The second-order valence-electron chi connectivity index (χ2n) is 3.01. The van der Waals surface area contributed by atoms with E-state index in [1.165, 1.54) is 6.92 Å². The van der Waals surface area contributed by atoms with Crippen molar-refractivity contribution in [1.82, 2.24) is 9.97 Å². The third-order valence-electron chi connectivity index (χ3n) is 1.95. The van der Waals surface area contributed by atoms with Crippen molar-refractivity contribution in [2.45, 2.75) is 6.92 Å². The largest absolute Gasteiger partial charge is 0.383 e. The first kappa shape index (κ1) is 8.62. The molecule has 14 heavy (non-hydrogen) atoms. The summed E-state index contributed by atoms with van der Waals surface area (Å²) in [5.41, 5.74) is 6.39. The number of rotatable bonds is 1. The highest BCUT2D eigenvalue weighted by molar-refractivity contribution is 5.95. The van der Waals surface area contributed by atoms with Gasteiger partial charge in [-0.15, -0.1) is 0 Å². The van der Waals surface area contributed by atoms with Crippen LogP contribution in [0.5, 0.6) is 0 Å². The number of Topliss-reactive ketones (excluding diaryl/α,β-unsaturated/α-hetero) is 1. The molecule has 0 aliphatic rings. The minimum atomic E-state index is -0.178. The van der Waals surface area contributed by atoms with Crippen LogP contribution in [0.3, 0.4) is 0 Å². The zero-order valence-corrected chi connectivity index (χ0v) is 7.69. The van der Waals surface area contributed by atoms with Crippen molar-refractivity contribution in [3.63, 3.8) is 0 Å². The summed E-state index contributed by atoms with van der Waals surface area (Å²) in [4.78, 5) is 19.1. The van der Waals surface area contributed by atoms with Gasteiger partial charge < -0.3 is 5.73 Å². The van der Waals surface area contributed by atoms with Crippen LogP contribution in [0.15, 0.2) is 24.3 Å². The maximum absolute atomic E-state index is 11.1. The van der Waals surface area contributed by atoms with E-state index in [2.05, 4.69) is 9.97 Å². The molecule has 4 nitrogen and oxygen atoms in total. The van der Waals surface area contributed by atoms with Crippen LogP contribution in [-0.2, 0) is 0 Å². The topological polar surface area (TPSA) is 68.9 Å². The SMILES string of the molecule is CC(=O)c1nc(N)c2ccccc2n1. The molecule has 0 saturated carbocycles. The third kappa shape index (κ3) is 1.31. The number of anilines is 1. The van der Waals surface area contributed by atoms with Gasteiger partial charge in [0.1, 0.15) is 5.82 Å². The number of nitrogen functional groups attached to an aromatic ring is 1. The minimum absolute atomic E-state index is 0.168. The number of nitrogens with zero attached hydrogens (tertiary/aromatic N) is 2. The van der Waals surface area contributed by atoms with Gasteiger partial charge in [0.2, 0.25) is 0 Å². The van der Waals surface area contributed by atoms with Crippen molar-refractivity contribution < 1.29 is 4.79 Å². The van der Waals surface area contributed by atoms with Crippen molar-refractivity contribution in [3.8, 4) is 0 Å². The summed E-state index contributed by atoms with van der Waals surface area (Å²) >= 11 is 0. The van der Waals surface area contributed by atoms with Crippen molar-refractivity contribution in [2.24, 2.45) is 0 Å². The van der Waals surface area contributed by atoms with E-state index in [1.807, 2.05) is 18.2 Å². The highest BCUT2D eigenvalue weighted by Gasteiger charge is 2.07. The van der Waals surface area contributed by atoms with Crippen molar-refractivity contribution >= 4 is 22.5 Å². The molecule has 0 radical (unpaired) electrons. The highest BCUT2D eigenvalue weighted by Crippen LogP contribution is 2.16. The lowest BCUT2D eigenvalue weighted by molar-refractivity contribution is 0.100. The van der Waals surface area contributed by atoms with Crippen LogP contribution in [0.25, 0.3) is 10.9 Å². The van der Waals surface area contributed by atoms with E-state index in [-0.39, 0.29) is 11.6 Å². The summed E-state index contributed by atoms with van der Waals surface area (Å²) in [5, 5.41) is 0.775. The number of ketones is 1. The maximum atomic E-state index is 11.1. The number of fused-ring (bicyclic) bond motifs is 1. The Morgan fingerprint density at radius 3 is 2.71 bits per heavy atom. The number of aromatic nitrogens is 2. The lowest BCUT2D eigenvalue weighted by atomic mass is 10.2. The normalized spacial score (nSPS) is 10.4. The van der Waals surface area contributed by atoms with Crippen LogP contribution in [0.2, 0.25) is 0 Å². The molecule has 70 valence electrons. The number of carbonyl (C=O) groups excluding carboxylic acids is 1. The van der Waals surface area contributed by atoms with Crippen LogP contribution in [0, 0.1) is 0 Å². The summed E-state index contributed by atoms with van der Waals surface area (Å²) in [6.45, 7) is 1.42. The number of para-hydroxylation sites is 1. The molecule has 0 unspecified atom stereocenters. The molecule has 0 bridgehead atoms. The van der Waals surface area contributed by atoms with Crippen molar-refractivity contribution in [2.75, 3.05) is 5.73 Å². The monoisotopic (exact) mass is 187 g/mol. The average Bonchev–Trinajstić information content (AvgIpc) is 2.17. The lowest BCUT2D eigenvalue weighted by Crippen LogP contribution is -2.04. The zero-order chi connectivity index (χ0) is 10.1. The first-order valence-electron chi connectivity index (χ1n) is 4.21. The van der Waals surface area contributed by atoms with Gasteiger partial charge in [-0.25, -0.2) is 9.97 Å². The lowest BCUT2D eigenvalue weighted by Gasteiger charge is -2.01. The Labute approximate surface area is 80.8 Å². The van der Waals surface area contributed by atoms with Gasteiger partial charge >= 0.3 is 0 Å². The molecule has 4 heteroatoms. The molecule has 0 aliphatic heterocycles. The molecule has 0 amide bonds. The molecule has 0 saturated heterocycles. The van der Waals surface area contributed by atoms with Gasteiger partial charge in [-0.3, -0.25) is 4.79 Å². The fraction of sp³-hybridized carbons (Fsp3) is 0.100. The first-order valence-corrected chi connectivity index (χ1v) is 4.21. The van der Waals surface area contributed by atoms with Gasteiger partial charge in [-0.05, 0) is 12.1 Å². The Morgan fingerprint density at radius 1 is 1.29 bits per heavy atom. The summed E-state index contributed by atoms with van der Waals surface area (Å²) in [6.07, 6.45) is 0. The quantitative estimate of drug-likeness (QED) is 0.685. The summed E-state index contributed by atoms with van der Waals surface area (Å²) in [5.74, 6) is 0.337. The van der Waals surface area contributed by atoms with Crippen molar-refractivity contribution in [1.29, 1.82) is 0 Å². The van der Waals surface area contributed by atoms with Gasteiger partial charge in [0.25, 0.3) is 0 Å². The second kappa shape index (κ2) is 3.06. The minimum Gasteiger partial charge on any atom is -0.383 e. The molecule has 2 rings (SSSR count). The number of carbonyl (C=O) groups is 1. The van der Waals surface area contributed by atoms with Crippen LogP contribution in [0.1, 0.15) is 17.5 Å². The Kier molecular flexibility index (Phi) is 1.89. The van der Waals surface area contributed by atoms with E-state index >= 15 is 0 Å². The number of nitrogens with two attached hydrogens (primary N) is 1. The molecule has 1 aromatic heterocycles. The average molecular weight is 187 g/mol. The molecule has 2 aromatic rings. The van der Waals surface area contributed by atoms with E-state index in [0.717, 1.165) is 5.39 Å². The summed E-state index contributed by atoms with van der Waals surface area (Å²) in [7, 11) is 0. The van der Waals surface area contributed by atoms with Gasteiger partial charge in [0, 0.05) is 12.3 Å². The van der Waals surface area contributed by atoms with E-state index < -0.39 is 0 Å². The fourth-order valence-corrected chi connectivity index (χ4v) is 1.26. The van der Waals surface area contributed by atoms with E-state index in [9.17, 15) is 4.79 Å². The van der Waals surface area contributed by atoms with Gasteiger partial charge in [0.05, 0.1) is 5.52 Å². The summed E-state index contributed by atoms with van der Waals surface area (Å²) < 4.78 is 0. The number of hydrogen-bond acceptors (Lipinski definition) is 4. The molecule has 0 atom stereocenters. The molecule has 1 heterocycles. The third-order valence-corrected chi connectivity index (χ3v) is 1.95. The molecular formula is C10H9N3O. The smallest absolute Gasteiger partial charge is 0.198 e. The van der Waals surface area contributed by atoms with Crippen LogP contribution >= 0.6 is 0 Å². The zero-order valence-electron chi connectivity index (χ0n) is 7.69.